The summed E-state index contributed by atoms with van der Waals surface area (Å²) in [4.78, 5) is 20.8. The van der Waals surface area contributed by atoms with E-state index in [1.54, 1.807) is 0 Å². The van der Waals surface area contributed by atoms with Crippen molar-refractivity contribution in [3.63, 3.8) is 0 Å². The lowest BCUT2D eigenvalue weighted by Crippen LogP contribution is -2.13. The van der Waals surface area contributed by atoms with Crippen molar-refractivity contribution in [2.45, 2.75) is 12.6 Å². The van der Waals surface area contributed by atoms with Gasteiger partial charge in [-0.05, 0) is 12.1 Å². The van der Waals surface area contributed by atoms with Gasteiger partial charge in [0.1, 0.15) is 12.1 Å². The summed E-state index contributed by atoms with van der Waals surface area (Å²) in [5, 5.41) is 20.8. The standard InChI is InChI=1S/C10H6F3N3O3/c11-10(12,13)6-1-2-8(16(18)19)7(5-6)15-9(17)3-4-14/h1-2,5H,3H2,(H,15,17). The molecule has 100 valence electrons. The van der Waals surface area contributed by atoms with Crippen LogP contribution >= 0.6 is 0 Å². The van der Waals surface area contributed by atoms with Crippen molar-refractivity contribution < 1.29 is 22.9 Å². The van der Waals surface area contributed by atoms with E-state index < -0.39 is 40.4 Å². The number of nitrogens with one attached hydrogen (secondary N) is 1. The Bertz CT molecular complexity index is 563. The molecule has 0 spiro atoms. The molecule has 0 saturated carbocycles. The maximum absolute atomic E-state index is 12.5. The first-order valence-electron chi connectivity index (χ1n) is 4.78. The molecule has 0 heterocycles. The highest BCUT2D eigenvalue weighted by Gasteiger charge is 2.32. The molecule has 0 fully saturated rings. The van der Waals surface area contributed by atoms with Gasteiger partial charge in [-0.2, -0.15) is 18.4 Å². The number of nitriles is 1. The second-order valence-corrected chi connectivity index (χ2v) is 3.37. The van der Waals surface area contributed by atoms with Crippen LogP contribution in [0.3, 0.4) is 0 Å². The van der Waals surface area contributed by atoms with Gasteiger partial charge in [0.15, 0.2) is 0 Å². The van der Waals surface area contributed by atoms with Crippen molar-refractivity contribution in [3.05, 3.63) is 33.9 Å². The minimum Gasteiger partial charge on any atom is -0.319 e. The fraction of sp³-hybridized carbons (Fsp3) is 0.200. The Morgan fingerprint density at radius 1 is 1.47 bits per heavy atom. The van der Waals surface area contributed by atoms with Gasteiger partial charge in [0.25, 0.3) is 5.69 Å². The Morgan fingerprint density at radius 2 is 2.11 bits per heavy atom. The normalized spacial score (nSPS) is 10.6. The minimum atomic E-state index is -4.69. The number of carbonyl (C=O) groups is 1. The van der Waals surface area contributed by atoms with Crippen LogP contribution in [0.2, 0.25) is 0 Å². The molecule has 0 aliphatic rings. The third-order valence-electron chi connectivity index (χ3n) is 2.03. The van der Waals surface area contributed by atoms with Gasteiger partial charge >= 0.3 is 6.18 Å². The molecule has 0 radical (unpaired) electrons. The second-order valence-electron chi connectivity index (χ2n) is 3.37. The topological polar surface area (TPSA) is 96.0 Å². The Balaban J connectivity index is 3.21. The first-order valence-corrected chi connectivity index (χ1v) is 4.78. The number of alkyl halides is 3. The van der Waals surface area contributed by atoms with E-state index in [4.69, 9.17) is 5.26 Å². The highest BCUT2D eigenvalue weighted by atomic mass is 19.4. The highest BCUT2D eigenvalue weighted by Crippen LogP contribution is 2.34. The van der Waals surface area contributed by atoms with Crippen LogP contribution in [0.25, 0.3) is 0 Å². The van der Waals surface area contributed by atoms with Gasteiger partial charge in [0.2, 0.25) is 5.91 Å². The van der Waals surface area contributed by atoms with E-state index in [9.17, 15) is 28.1 Å². The van der Waals surface area contributed by atoms with Gasteiger partial charge in [-0.25, -0.2) is 0 Å². The quantitative estimate of drug-likeness (QED) is 0.675. The number of hydrogen-bond acceptors (Lipinski definition) is 4. The molecule has 1 aromatic rings. The fourth-order valence-electron chi connectivity index (χ4n) is 1.24. The summed E-state index contributed by atoms with van der Waals surface area (Å²) in [5.41, 5.74) is -2.41. The molecule has 0 aromatic heterocycles. The predicted octanol–water partition coefficient (Wildman–Crippen LogP) is 2.47. The fourth-order valence-corrected chi connectivity index (χ4v) is 1.24. The van der Waals surface area contributed by atoms with E-state index >= 15 is 0 Å². The molecule has 0 unspecified atom stereocenters. The number of nitrogens with zero attached hydrogens (tertiary/aromatic N) is 2. The Labute approximate surface area is 104 Å². The van der Waals surface area contributed by atoms with Gasteiger partial charge in [-0.3, -0.25) is 14.9 Å². The van der Waals surface area contributed by atoms with E-state index in [-0.39, 0.29) is 0 Å². The molecular formula is C10H6F3N3O3. The number of carbonyl (C=O) groups excluding carboxylic acids is 1. The van der Waals surface area contributed by atoms with Gasteiger partial charge in [-0.15, -0.1) is 0 Å². The summed E-state index contributed by atoms with van der Waals surface area (Å²) in [6.07, 6.45) is -5.31. The molecule has 19 heavy (non-hydrogen) atoms. The van der Waals surface area contributed by atoms with Crippen LogP contribution in [-0.2, 0) is 11.0 Å². The zero-order chi connectivity index (χ0) is 14.6. The Hall–Kier alpha value is -2.63. The van der Waals surface area contributed by atoms with Crippen LogP contribution in [0.15, 0.2) is 18.2 Å². The van der Waals surface area contributed by atoms with Crippen LogP contribution in [-0.4, -0.2) is 10.8 Å². The number of rotatable bonds is 3. The average molecular weight is 273 g/mol. The van der Waals surface area contributed by atoms with Crippen molar-refractivity contribution in [1.82, 2.24) is 0 Å². The Morgan fingerprint density at radius 3 is 2.58 bits per heavy atom. The van der Waals surface area contributed by atoms with E-state index in [0.717, 1.165) is 0 Å². The Kier molecular flexibility index (Phi) is 4.06. The summed E-state index contributed by atoms with van der Waals surface area (Å²) in [6.45, 7) is 0. The van der Waals surface area contributed by atoms with Crippen molar-refractivity contribution in [2.75, 3.05) is 5.32 Å². The molecule has 0 aliphatic heterocycles. The molecule has 0 saturated heterocycles. The largest absolute Gasteiger partial charge is 0.416 e. The summed E-state index contributed by atoms with van der Waals surface area (Å²) in [6, 6.07) is 3.11. The summed E-state index contributed by atoms with van der Waals surface area (Å²) < 4.78 is 37.4. The van der Waals surface area contributed by atoms with E-state index in [1.165, 1.54) is 6.07 Å². The first kappa shape index (κ1) is 14.4. The van der Waals surface area contributed by atoms with Crippen molar-refractivity contribution in [1.29, 1.82) is 5.26 Å². The average Bonchev–Trinajstić information content (AvgIpc) is 2.27. The molecule has 6 nitrogen and oxygen atoms in total. The third-order valence-corrected chi connectivity index (χ3v) is 2.03. The van der Waals surface area contributed by atoms with E-state index in [0.29, 0.717) is 18.2 Å². The molecular weight excluding hydrogens is 267 g/mol. The zero-order valence-electron chi connectivity index (χ0n) is 9.19. The van der Waals surface area contributed by atoms with Crippen molar-refractivity contribution in [3.8, 4) is 6.07 Å². The lowest BCUT2D eigenvalue weighted by atomic mass is 10.1. The lowest BCUT2D eigenvalue weighted by molar-refractivity contribution is -0.384. The van der Waals surface area contributed by atoms with Crippen LogP contribution in [0.1, 0.15) is 12.0 Å². The monoisotopic (exact) mass is 273 g/mol. The number of halogens is 3. The van der Waals surface area contributed by atoms with Gasteiger partial charge in [0.05, 0.1) is 16.6 Å². The maximum atomic E-state index is 12.5. The van der Waals surface area contributed by atoms with Crippen molar-refractivity contribution >= 4 is 17.3 Å². The summed E-state index contributed by atoms with van der Waals surface area (Å²) in [5.74, 6) is -0.926. The molecule has 0 bridgehead atoms. The molecule has 0 atom stereocenters. The highest BCUT2D eigenvalue weighted by molar-refractivity contribution is 5.94. The second kappa shape index (κ2) is 5.34. The van der Waals surface area contributed by atoms with Gasteiger partial charge in [-0.1, -0.05) is 0 Å². The van der Waals surface area contributed by atoms with Gasteiger partial charge in [0, 0.05) is 6.07 Å². The SMILES string of the molecule is N#CCC(=O)Nc1cc(C(F)(F)F)ccc1[N+](=O)[O-]. The smallest absolute Gasteiger partial charge is 0.319 e. The minimum absolute atomic E-state index is 0.452. The number of nitro groups is 1. The lowest BCUT2D eigenvalue weighted by Gasteiger charge is -2.09. The molecule has 9 heteroatoms. The van der Waals surface area contributed by atoms with Crippen molar-refractivity contribution in [2.24, 2.45) is 0 Å². The predicted molar refractivity (Wildman–Crippen MR) is 57.0 cm³/mol. The maximum Gasteiger partial charge on any atom is 0.416 e. The number of hydrogen-bond donors (Lipinski definition) is 1. The molecule has 1 N–H and O–H groups in total. The molecule has 1 rings (SSSR count). The number of nitro benzene ring substituents is 1. The zero-order valence-corrected chi connectivity index (χ0v) is 9.19. The molecule has 0 aliphatic carbocycles. The van der Waals surface area contributed by atoms with Crippen LogP contribution in [0.4, 0.5) is 24.5 Å². The van der Waals surface area contributed by atoms with Gasteiger partial charge < -0.3 is 5.32 Å². The number of anilines is 1. The summed E-state index contributed by atoms with van der Waals surface area (Å²) >= 11 is 0. The van der Waals surface area contributed by atoms with E-state index in [2.05, 4.69) is 0 Å². The van der Waals surface area contributed by atoms with Crippen LogP contribution in [0.5, 0.6) is 0 Å². The van der Waals surface area contributed by atoms with E-state index in [1.807, 2.05) is 5.32 Å². The molecule has 1 aromatic carbocycles. The summed E-state index contributed by atoms with van der Waals surface area (Å²) in [7, 11) is 0. The third kappa shape index (κ3) is 3.67. The molecule has 1 amide bonds. The first-order chi connectivity index (χ1) is 8.75. The van der Waals surface area contributed by atoms with Crippen LogP contribution in [0, 0.1) is 21.4 Å². The number of benzene rings is 1. The number of amides is 1. The van der Waals surface area contributed by atoms with Crippen LogP contribution < -0.4 is 5.32 Å².